The Morgan fingerprint density at radius 2 is 2.24 bits per heavy atom. The van der Waals surface area contributed by atoms with Gasteiger partial charge in [-0.25, -0.2) is 0 Å². The molecule has 1 aromatic rings. The zero-order chi connectivity index (χ0) is 12.7. The molecule has 0 fully saturated rings. The van der Waals surface area contributed by atoms with Crippen LogP contribution in [0.25, 0.3) is 0 Å². The van der Waals surface area contributed by atoms with Crippen LogP contribution in [0, 0.1) is 0 Å². The fraction of sp³-hybridized carbons (Fsp3) is 0.750. The van der Waals surface area contributed by atoms with E-state index in [-0.39, 0.29) is 0 Å². The van der Waals surface area contributed by atoms with Gasteiger partial charge in [0, 0.05) is 12.3 Å². The van der Waals surface area contributed by atoms with E-state index in [9.17, 15) is 0 Å². The van der Waals surface area contributed by atoms with Gasteiger partial charge in [0.25, 0.3) is 0 Å². The molecule has 1 heterocycles. The number of aromatic nitrogens is 2. The summed E-state index contributed by atoms with van der Waals surface area (Å²) >= 11 is 5.58. The monoisotopic (exact) mass is 319 g/mol. The number of hydrogen-bond acceptors (Lipinski definition) is 3. The Balaban J connectivity index is 2.86. The first kappa shape index (κ1) is 15.1. The van der Waals surface area contributed by atoms with E-state index in [0.717, 1.165) is 35.5 Å². The molecule has 0 saturated heterocycles. The summed E-state index contributed by atoms with van der Waals surface area (Å²) < 4.78 is 3.24. The minimum absolute atomic E-state index is 0.383. The van der Waals surface area contributed by atoms with Gasteiger partial charge in [-0.1, -0.05) is 20.8 Å². The molecule has 0 saturated carbocycles. The molecule has 0 amide bonds. The average molecular weight is 320 g/mol. The third kappa shape index (κ3) is 4.30. The second-order valence-corrected chi connectivity index (χ2v) is 6.04. The van der Waals surface area contributed by atoms with Crippen molar-refractivity contribution in [3.63, 3.8) is 0 Å². The molecule has 1 unspecified atom stereocenters. The first-order valence-electron chi connectivity index (χ1n) is 6.26. The smallest absolute Gasteiger partial charge is 0.0704 e. The lowest BCUT2D eigenvalue weighted by atomic mass is 10.2. The summed E-state index contributed by atoms with van der Waals surface area (Å²) in [4.78, 5) is 0. The van der Waals surface area contributed by atoms with Gasteiger partial charge < -0.3 is 5.32 Å². The number of thioether (sulfide) groups is 1. The number of rotatable bonds is 8. The lowest BCUT2D eigenvalue weighted by Gasteiger charge is -2.19. The van der Waals surface area contributed by atoms with Crippen LogP contribution in [0.15, 0.2) is 10.7 Å². The van der Waals surface area contributed by atoms with Gasteiger partial charge in [-0.05, 0) is 34.6 Å². The number of nitrogens with one attached hydrogen (secondary N) is 1. The van der Waals surface area contributed by atoms with E-state index in [1.54, 1.807) is 0 Å². The number of nitrogens with zero attached hydrogens (tertiary/aromatic N) is 2. The van der Waals surface area contributed by atoms with Crippen LogP contribution in [0.2, 0.25) is 0 Å². The molecule has 0 aromatic carbocycles. The van der Waals surface area contributed by atoms with Crippen molar-refractivity contribution in [1.82, 2.24) is 15.1 Å². The maximum absolute atomic E-state index is 4.44. The van der Waals surface area contributed by atoms with Crippen LogP contribution < -0.4 is 5.32 Å². The molecule has 0 aliphatic heterocycles. The Hall–Kier alpha value is -0.0000000000000000763. The molecule has 1 atom stereocenters. The summed E-state index contributed by atoms with van der Waals surface area (Å²) in [7, 11) is 0. The Morgan fingerprint density at radius 1 is 1.47 bits per heavy atom. The zero-order valence-corrected chi connectivity index (χ0v) is 13.3. The Kier molecular flexibility index (Phi) is 7.23. The van der Waals surface area contributed by atoms with E-state index in [1.807, 2.05) is 18.0 Å². The molecule has 1 N–H and O–H groups in total. The SMILES string of the molecule is CCCn1ncc(Br)c1C(CSCC)NCC. The molecule has 0 aliphatic carbocycles. The van der Waals surface area contributed by atoms with Crippen LogP contribution >= 0.6 is 27.7 Å². The summed E-state index contributed by atoms with van der Waals surface area (Å²) in [6.07, 6.45) is 3.02. The van der Waals surface area contributed by atoms with Crippen molar-refractivity contribution in [3.8, 4) is 0 Å². The third-order valence-electron chi connectivity index (χ3n) is 2.54. The van der Waals surface area contributed by atoms with E-state index in [0.29, 0.717) is 6.04 Å². The number of hydrogen-bond donors (Lipinski definition) is 1. The molecule has 3 nitrogen and oxygen atoms in total. The summed E-state index contributed by atoms with van der Waals surface area (Å²) in [5, 5.41) is 7.99. The lowest BCUT2D eigenvalue weighted by Crippen LogP contribution is -2.26. The highest BCUT2D eigenvalue weighted by molar-refractivity contribution is 9.10. The predicted octanol–water partition coefficient (Wildman–Crippen LogP) is 3.46. The molecule has 1 aromatic heterocycles. The highest BCUT2D eigenvalue weighted by Crippen LogP contribution is 2.26. The van der Waals surface area contributed by atoms with Crippen LogP contribution in [0.1, 0.15) is 38.9 Å². The van der Waals surface area contributed by atoms with E-state index < -0.39 is 0 Å². The normalized spacial score (nSPS) is 12.9. The number of aryl methyl sites for hydroxylation is 1. The third-order valence-corrected chi connectivity index (χ3v) is 4.13. The Labute approximate surface area is 117 Å². The summed E-state index contributed by atoms with van der Waals surface area (Å²) in [5.41, 5.74) is 1.29. The molecule has 0 aliphatic rings. The average Bonchev–Trinajstić information content (AvgIpc) is 2.67. The molecular formula is C12H22BrN3S. The summed E-state index contributed by atoms with van der Waals surface area (Å²) in [6, 6.07) is 0.383. The van der Waals surface area contributed by atoms with Gasteiger partial charge >= 0.3 is 0 Å². The van der Waals surface area contributed by atoms with Crippen molar-refractivity contribution in [1.29, 1.82) is 0 Å². The molecule has 17 heavy (non-hydrogen) atoms. The van der Waals surface area contributed by atoms with Gasteiger partial charge in [0.15, 0.2) is 0 Å². The molecular weight excluding hydrogens is 298 g/mol. The second-order valence-electron chi connectivity index (χ2n) is 3.87. The highest BCUT2D eigenvalue weighted by atomic mass is 79.9. The van der Waals surface area contributed by atoms with Crippen molar-refractivity contribution in [2.75, 3.05) is 18.1 Å². The number of halogens is 1. The van der Waals surface area contributed by atoms with E-state index in [1.165, 1.54) is 5.69 Å². The second kappa shape index (κ2) is 8.16. The Morgan fingerprint density at radius 3 is 2.82 bits per heavy atom. The summed E-state index contributed by atoms with van der Waals surface area (Å²) in [6.45, 7) is 8.50. The van der Waals surface area contributed by atoms with Crippen molar-refractivity contribution in [2.45, 2.75) is 39.8 Å². The molecule has 1 rings (SSSR count). The quantitative estimate of drug-likeness (QED) is 0.795. The fourth-order valence-corrected chi connectivity index (χ4v) is 3.14. The van der Waals surface area contributed by atoms with Crippen LogP contribution in [0.4, 0.5) is 0 Å². The first-order valence-corrected chi connectivity index (χ1v) is 8.21. The van der Waals surface area contributed by atoms with E-state index in [4.69, 9.17) is 0 Å². The largest absolute Gasteiger partial charge is 0.308 e. The first-order chi connectivity index (χ1) is 8.24. The minimum atomic E-state index is 0.383. The standard InChI is InChI=1S/C12H22BrN3S/c1-4-7-16-12(10(13)8-15-16)11(14-5-2)9-17-6-3/h8,11,14H,4-7,9H2,1-3H3. The lowest BCUT2D eigenvalue weighted by molar-refractivity contribution is 0.507. The maximum Gasteiger partial charge on any atom is 0.0704 e. The fourth-order valence-electron chi connectivity index (χ4n) is 1.82. The van der Waals surface area contributed by atoms with E-state index in [2.05, 4.69) is 51.8 Å². The highest BCUT2D eigenvalue weighted by Gasteiger charge is 2.18. The van der Waals surface area contributed by atoms with Gasteiger partial charge in [-0.2, -0.15) is 16.9 Å². The molecule has 0 spiro atoms. The van der Waals surface area contributed by atoms with Crippen LogP contribution in [-0.2, 0) is 6.54 Å². The van der Waals surface area contributed by atoms with Crippen molar-refractivity contribution < 1.29 is 0 Å². The predicted molar refractivity (Wildman–Crippen MR) is 79.6 cm³/mol. The van der Waals surface area contributed by atoms with Crippen molar-refractivity contribution in [3.05, 3.63) is 16.4 Å². The van der Waals surface area contributed by atoms with Crippen molar-refractivity contribution in [2.24, 2.45) is 0 Å². The van der Waals surface area contributed by atoms with Crippen LogP contribution in [-0.4, -0.2) is 27.8 Å². The Bertz CT molecular complexity index is 328. The summed E-state index contributed by atoms with van der Waals surface area (Å²) in [5.74, 6) is 2.25. The van der Waals surface area contributed by atoms with Gasteiger partial charge in [-0.15, -0.1) is 0 Å². The van der Waals surface area contributed by atoms with Gasteiger partial charge in [-0.3, -0.25) is 4.68 Å². The van der Waals surface area contributed by atoms with Crippen LogP contribution in [0.3, 0.4) is 0 Å². The maximum atomic E-state index is 4.44. The van der Waals surface area contributed by atoms with Gasteiger partial charge in [0.1, 0.15) is 0 Å². The van der Waals surface area contributed by atoms with Crippen LogP contribution in [0.5, 0.6) is 0 Å². The molecule has 0 radical (unpaired) electrons. The molecule has 98 valence electrons. The minimum Gasteiger partial charge on any atom is -0.308 e. The zero-order valence-electron chi connectivity index (χ0n) is 10.9. The van der Waals surface area contributed by atoms with Gasteiger partial charge in [0.05, 0.1) is 22.4 Å². The molecule has 0 bridgehead atoms. The van der Waals surface area contributed by atoms with E-state index >= 15 is 0 Å². The van der Waals surface area contributed by atoms with Crippen molar-refractivity contribution >= 4 is 27.7 Å². The van der Waals surface area contributed by atoms with Gasteiger partial charge in [0.2, 0.25) is 0 Å². The topological polar surface area (TPSA) is 29.9 Å². The molecule has 5 heteroatoms.